The number of aromatic nitrogens is 3. The summed E-state index contributed by atoms with van der Waals surface area (Å²) in [6, 6.07) is 62.9. The van der Waals surface area contributed by atoms with E-state index in [1.165, 1.54) is 38.9 Å². The highest BCUT2D eigenvalue weighted by atomic mass is 16.5. The highest BCUT2D eigenvalue weighted by Crippen LogP contribution is 2.64. The van der Waals surface area contributed by atoms with Gasteiger partial charge in [0.05, 0.1) is 22.5 Å². The van der Waals surface area contributed by atoms with Gasteiger partial charge in [0.25, 0.3) is 0 Å². The first-order valence-corrected chi connectivity index (χ1v) is 20.2. The van der Waals surface area contributed by atoms with E-state index in [0.29, 0.717) is 5.82 Å². The van der Waals surface area contributed by atoms with Crippen molar-refractivity contribution in [1.29, 1.82) is 0 Å². The molecule has 0 saturated carbocycles. The smallest absolute Gasteiger partial charge is 0.132 e. The topological polar surface area (TPSA) is 47.9 Å². The molecule has 1 atom stereocenters. The van der Waals surface area contributed by atoms with Crippen LogP contribution in [0.3, 0.4) is 0 Å². The van der Waals surface area contributed by atoms with E-state index in [4.69, 9.17) is 19.7 Å². The predicted octanol–water partition coefficient (Wildman–Crippen LogP) is 13.6. The van der Waals surface area contributed by atoms with Gasteiger partial charge >= 0.3 is 0 Å². The molecular formula is C55H39N3O. The number of ether oxygens (including phenoxy) is 1. The second-order valence-electron chi connectivity index (χ2n) is 15.6. The molecule has 1 spiro atoms. The number of benzene rings is 7. The minimum atomic E-state index is -0.666. The van der Waals surface area contributed by atoms with Gasteiger partial charge in [-0.2, -0.15) is 0 Å². The number of hydrogen-bond acceptors (Lipinski definition) is 4. The van der Waals surface area contributed by atoms with Gasteiger partial charge in [-0.05, 0) is 113 Å². The van der Waals surface area contributed by atoms with Crippen LogP contribution >= 0.6 is 0 Å². The van der Waals surface area contributed by atoms with Crippen molar-refractivity contribution in [2.24, 2.45) is 0 Å². The molecule has 4 heteroatoms. The maximum Gasteiger partial charge on any atom is 0.132 e. The van der Waals surface area contributed by atoms with Crippen LogP contribution in [0.25, 0.3) is 67.2 Å². The van der Waals surface area contributed by atoms with Crippen molar-refractivity contribution in [1.82, 2.24) is 15.0 Å². The summed E-state index contributed by atoms with van der Waals surface area (Å²) in [5.74, 6) is 2.41. The standard InChI is InChI=1S/C55H39N3O/c1-34-30-50(56-33-35(34)2)42-21-10-8-19-40(42)43-23-15-26-47-54(43)44-22-11-12-24-45(44)55(47)46-25-13-14-27-52(46)59-53-29-28-38(31-48(53)55)49-32-51(58-36(3)57-49)41-20-9-7-18-39(41)37-16-5-4-6-17-37/h4-33H,1-3H3. The molecule has 2 aromatic heterocycles. The number of nitrogens with zero attached hydrogens (tertiary/aromatic N) is 3. The Morgan fingerprint density at radius 3 is 1.80 bits per heavy atom. The second-order valence-corrected chi connectivity index (χ2v) is 15.6. The third-order valence-corrected chi connectivity index (χ3v) is 12.3. The van der Waals surface area contributed by atoms with Gasteiger partial charge in [-0.15, -0.1) is 0 Å². The van der Waals surface area contributed by atoms with Crippen LogP contribution < -0.4 is 4.74 Å². The Morgan fingerprint density at radius 2 is 1.00 bits per heavy atom. The van der Waals surface area contributed by atoms with E-state index in [2.05, 4.69) is 190 Å². The zero-order valence-corrected chi connectivity index (χ0v) is 33.1. The molecule has 2 aliphatic rings. The monoisotopic (exact) mass is 757 g/mol. The minimum absolute atomic E-state index is 0.666. The molecule has 59 heavy (non-hydrogen) atoms. The van der Waals surface area contributed by atoms with Crippen LogP contribution in [-0.2, 0) is 5.41 Å². The fourth-order valence-electron chi connectivity index (χ4n) is 9.48. The number of aryl methyl sites for hydroxylation is 3. The number of fused-ring (bicyclic) bond motifs is 9. The Morgan fingerprint density at radius 1 is 0.390 bits per heavy atom. The fourth-order valence-corrected chi connectivity index (χ4v) is 9.48. The number of rotatable bonds is 5. The molecule has 0 fully saturated rings. The molecule has 1 aliphatic heterocycles. The Kier molecular flexibility index (Phi) is 8.02. The SMILES string of the molecule is Cc1nc(-c2ccc3c(c2)C2(c4ccccc4O3)c3ccccc3-c3c(-c4ccccc4-c4cc(C)c(C)cn4)cccc32)cc(-c2ccccc2-c2ccccc2)n1. The maximum absolute atomic E-state index is 6.84. The van der Waals surface area contributed by atoms with E-state index < -0.39 is 5.41 Å². The fraction of sp³-hybridized carbons (Fsp3) is 0.0727. The van der Waals surface area contributed by atoms with E-state index in [0.717, 1.165) is 73.1 Å². The van der Waals surface area contributed by atoms with Crippen LogP contribution in [0.5, 0.6) is 11.5 Å². The van der Waals surface area contributed by atoms with Crippen LogP contribution in [0.1, 0.15) is 39.2 Å². The van der Waals surface area contributed by atoms with Gasteiger partial charge in [-0.25, -0.2) is 9.97 Å². The van der Waals surface area contributed by atoms with E-state index in [9.17, 15) is 0 Å². The lowest BCUT2D eigenvalue weighted by molar-refractivity contribution is 0.436. The third kappa shape index (κ3) is 5.40. The van der Waals surface area contributed by atoms with Crippen LogP contribution in [0, 0.1) is 20.8 Å². The van der Waals surface area contributed by atoms with Crippen molar-refractivity contribution < 1.29 is 4.74 Å². The first-order chi connectivity index (χ1) is 29.0. The largest absolute Gasteiger partial charge is 0.457 e. The molecule has 0 saturated heterocycles. The maximum atomic E-state index is 6.84. The molecule has 11 rings (SSSR count). The van der Waals surface area contributed by atoms with Crippen LogP contribution in [-0.4, -0.2) is 15.0 Å². The highest BCUT2D eigenvalue weighted by molar-refractivity contribution is 5.99. The van der Waals surface area contributed by atoms with Gasteiger partial charge in [0, 0.05) is 34.0 Å². The summed E-state index contributed by atoms with van der Waals surface area (Å²) >= 11 is 0. The Hall–Kier alpha value is -7.43. The number of hydrogen-bond donors (Lipinski definition) is 0. The number of pyridine rings is 1. The summed E-state index contributed by atoms with van der Waals surface area (Å²) in [5, 5.41) is 0. The van der Waals surface area contributed by atoms with E-state index >= 15 is 0 Å². The van der Waals surface area contributed by atoms with Gasteiger partial charge in [0.2, 0.25) is 0 Å². The van der Waals surface area contributed by atoms with Gasteiger partial charge < -0.3 is 4.74 Å². The average Bonchev–Trinajstić information content (AvgIpc) is 3.58. The summed E-state index contributed by atoms with van der Waals surface area (Å²) in [4.78, 5) is 15.0. The summed E-state index contributed by atoms with van der Waals surface area (Å²) < 4.78 is 6.84. The minimum Gasteiger partial charge on any atom is -0.457 e. The quantitative estimate of drug-likeness (QED) is 0.175. The lowest BCUT2D eigenvalue weighted by Crippen LogP contribution is -2.32. The molecule has 280 valence electrons. The van der Waals surface area contributed by atoms with Crippen molar-refractivity contribution >= 4 is 0 Å². The van der Waals surface area contributed by atoms with Gasteiger partial charge in [0.1, 0.15) is 17.3 Å². The van der Waals surface area contributed by atoms with Gasteiger partial charge in [-0.3, -0.25) is 4.98 Å². The second kappa shape index (κ2) is 13.6. The Balaban J connectivity index is 1.15. The Bertz CT molecular complexity index is 3130. The lowest BCUT2D eigenvalue weighted by atomic mass is 9.65. The molecule has 1 unspecified atom stereocenters. The van der Waals surface area contributed by atoms with Crippen LogP contribution in [0.15, 0.2) is 182 Å². The van der Waals surface area contributed by atoms with Crippen LogP contribution in [0.2, 0.25) is 0 Å². The summed E-state index contributed by atoms with van der Waals surface area (Å²) in [7, 11) is 0. The van der Waals surface area contributed by atoms with Crippen molar-refractivity contribution in [2.75, 3.05) is 0 Å². The summed E-state index contributed by atoms with van der Waals surface area (Å²) in [6.45, 7) is 6.25. The molecule has 0 N–H and O–H groups in total. The summed E-state index contributed by atoms with van der Waals surface area (Å²) in [6.07, 6.45) is 1.98. The van der Waals surface area contributed by atoms with Crippen molar-refractivity contribution in [3.63, 3.8) is 0 Å². The molecule has 4 nitrogen and oxygen atoms in total. The molecular weight excluding hydrogens is 719 g/mol. The average molecular weight is 758 g/mol. The van der Waals surface area contributed by atoms with Gasteiger partial charge in [-0.1, -0.05) is 140 Å². The van der Waals surface area contributed by atoms with Gasteiger partial charge in [0.15, 0.2) is 0 Å². The molecule has 1 aliphatic carbocycles. The zero-order valence-electron chi connectivity index (χ0n) is 33.1. The van der Waals surface area contributed by atoms with E-state index in [1.54, 1.807) is 0 Å². The first-order valence-electron chi connectivity index (χ1n) is 20.2. The van der Waals surface area contributed by atoms with Crippen molar-refractivity contribution in [2.45, 2.75) is 26.2 Å². The Labute approximate surface area is 344 Å². The normalized spacial score (nSPS) is 14.6. The molecule has 3 heterocycles. The van der Waals surface area contributed by atoms with E-state index in [1.807, 2.05) is 13.1 Å². The number of para-hydroxylation sites is 1. The highest BCUT2D eigenvalue weighted by Gasteiger charge is 2.51. The third-order valence-electron chi connectivity index (χ3n) is 12.3. The van der Waals surface area contributed by atoms with Crippen molar-refractivity contribution in [3.8, 4) is 78.7 Å². The summed E-state index contributed by atoms with van der Waals surface area (Å²) in [5.41, 5.74) is 19.4. The van der Waals surface area contributed by atoms with Crippen molar-refractivity contribution in [3.05, 3.63) is 221 Å². The molecule has 9 aromatic rings. The zero-order chi connectivity index (χ0) is 39.7. The molecule has 0 radical (unpaired) electrons. The first kappa shape index (κ1) is 34.8. The van der Waals surface area contributed by atoms with Crippen LogP contribution in [0.4, 0.5) is 0 Å². The molecule has 0 bridgehead atoms. The predicted molar refractivity (Wildman–Crippen MR) is 239 cm³/mol. The molecule has 7 aromatic carbocycles. The lowest BCUT2D eigenvalue weighted by Gasteiger charge is -2.39. The van der Waals surface area contributed by atoms with E-state index in [-0.39, 0.29) is 0 Å². The molecule has 0 amide bonds.